The highest BCUT2D eigenvalue weighted by Gasteiger charge is 2.72. The average molecular weight is 539 g/mol. The third-order valence-electron chi connectivity index (χ3n) is 11.8. The quantitative estimate of drug-likeness (QED) is 0.271. The lowest BCUT2D eigenvalue weighted by Crippen LogP contribution is -2.70. The highest BCUT2D eigenvalue weighted by atomic mass is 16.7. The highest BCUT2D eigenvalue weighted by Crippen LogP contribution is 2.70. The second-order valence-corrected chi connectivity index (χ2v) is 13.4. The highest BCUT2D eigenvalue weighted by molar-refractivity contribution is 5.85. The molecule has 2 aliphatic heterocycles. The number of carbonyl (C=O) groups is 1. The van der Waals surface area contributed by atoms with E-state index in [2.05, 4.69) is 0 Å². The zero-order valence-electron chi connectivity index (χ0n) is 22.2. The van der Waals surface area contributed by atoms with Crippen LogP contribution in [0.4, 0.5) is 0 Å². The van der Waals surface area contributed by atoms with E-state index in [9.17, 15) is 35.4 Å². The van der Waals surface area contributed by atoms with Crippen molar-refractivity contribution in [2.75, 3.05) is 13.2 Å². The number of ether oxygens (including phenoxy) is 3. The zero-order chi connectivity index (χ0) is 27.3. The van der Waals surface area contributed by atoms with Crippen LogP contribution < -0.4 is 0 Å². The predicted molar refractivity (Wildman–Crippen MR) is 131 cm³/mol. The molecule has 0 spiro atoms. The van der Waals surface area contributed by atoms with Gasteiger partial charge >= 0.3 is 5.97 Å². The summed E-state index contributed by atoms with van der Waals surface area (Å²) in [5.41, 5.74) is -2.52. The average Bonchev–Trinajstić information content (AvgIpc) is 3.49. The van der Waals surface area contributed by atoms with Crippen molar-refractivity contribution in [1.29, 1.82) is 0 Å². The molecule has 1 saturated heterocycles. The van der Waals surface area contributed by atoms with Gasteiger partial charge in [0.25, 0.3) is 0 Å². The van der Waals surface area contributed by atoms with Crippen LogP contribution >= 0.6 is 0 Å². The first-order valence-electron chi connectivity index (χ1n) is 14.1. The SMILES string of the molecule is C[C@]12CC[C@H](O[C@@H]3O[C@H](CO)[C@@H](O)[C@H]3O)C[C@@]1(O)CC[C@@H]1[C@@H]2[C@H](O)C[C@]2(C)[C@@H](C3=CC(=O)OC3)CC[C@]12O. The number of aliphatic hydroxyl groups excluding tert-OH is 4. The molecule has 0 amide bonds. The number of esters is 1. The molecular weight excluding hydrogens is 496 g/mol. The molecular formula is C28H42O10. The Morgan fingerprint density at radius 3 is 2.42 bits per heavy atom. The van der Waals surface area contributed by atoms with Crippen LogP contribution in [0.1, 0.15) is 65.2 Å². The summed E-state index contributed by atoms with van der Waals surface area (Å²) < 4.78 is 16.7. The molecule has 10 heteroatoms. The summed E-state index contributed by atoms with van der Waals surface area (Å²) in [6.07, 6.45) is -0.0338. The Morgan fingerprint density at radius 1 is 1.00 bits per heavy atom. The van der Waals surface area contributed by atoms with E-state index in [-0.39, 0.29) is 36.8 Å². The van der Waals surface area contributed by atoms with Gasteiger partial charge in [-0.15, -0.1) is 0 Å². The minimum absolute atomic E-state index is 0.0387. The Morgan fingerprint density at radius 2 is 1.76 bits per heavy atom. The third kappa shape index (κ3) is 3.57. The molecule has 0 unspecified atom stereocenters. The molecule has 214 valence electrons. The van der Waals surface area contributed by atoms with Crippen molar-refractivity contribution >= 4 is 5.97 Å². The number of rotatable bonds is 4. The molecule has 6 rings (SSSR count). The Labute approximate surface area is 222 Å². The summed E-state index contributed by atoms with van der Waals surface area (Å²) in [6.45, 7) is 3.88. The van der Waals surface area contributed by atoms with Crippen molar-refractivity contribution in [3.05, 3.63) is 11.6 Å². The molecule has 38 heavy (non-hydrogen) atoms. The van der Waals surface area contributed by atoms with Crippen molar-refractivity contribution in [2.45, 2.75) is 113 Å². The van der Waals surface area contributed by atoms with Crippen LogP contribution in [0.5, 0.6) is 0 Å². The number of fused-ring (bicyclic) bond motifs is 5. The topological polar surface area (TPSA) is 166 Å². The molecule has 0 bridgehead atoms. The van der Waals surface area contributed by atoms with Crippen molar-refractivity contribution in [3.63, 3.8) is 0 Å². The predicted octanol–water partition coefficient (Wildman–Crippen LogP) is 0.153. The zero-order valence-corrected chi connectivity index (χ0v) is 22.2. The summed E-state index contributed by atoms with van der Waals surface area (Å²) in [6, 6.07) is 0. The van der Waals surface area contributed by atoms with Crippen molar-refractivity contribution in [1.82, 2.24) is 0 Å². The number of cyclic esters (lactones) is 1. The fourth-order valence-corrected chi connectivity index (χ4v) is 9.74. The standard InChI is InChI=1S/C28H42O10/c1-25-6-3-15(37-24-23(33)22(32)19(12-29)38-24)10-27(25,34)7-4-17-21(25)18(30)11-26(2)16(5-8-28(17,26)35)14-9-20(31)36-13-14/h9,15-19,21-24,29-30,32-35H,3-8,10-13H2,1-2H3/t15-,16+,17+,18+,19+,21+,22+,23+,24+,25+,26+,27-,28-/m0/s1. The van der Waals surface area contributed by atoms with Crippen molar-refractivity contribution < 1.29 is 49.6 Å². The smallest absolute Gasteiger partial charge is 0.331 e. The normalized spacial score (nSPS) is 56.2. The lowest BCUT2D eigenvalue weighted by molar-refractivity contribution is -0.291. The largest absolute Gasteiger partial charge is 0.458 e. The summed E-state index contributed by atoms with van der Waals surface area (Å²) in [7, 11) is 0. The van der Waals surface area contributed by atoms with Crippen LogP contribution in [0.25, 0.3) is 0 Å². The van der Waals surface area contributed by atoms with E-state index in [4.69, 9.17) is 14.2 Å². The van der Waals surface area contributed by atoms with E-state index in [0.717, 1.165) is 12.0 Å². The van der Waals surface area contributed by atoms with Crippen LogP contribution in [-0.2, 0) is 19.0 Å². The van der Waals surface area contributed by atoms with Gasteiger partial charge in [0.1, 0.15) is 24.9 Å². The minimum atomic E-state index is -1.29. The monoisotopic (exact) mass is 538 g/mol. The van der Waals surface area contributed by atoms with Gasteiger partial charge in [0, 0.05) is 23.3 Å². The van der Waals surface area contributed by atoms with E-state index in [1.165, 1.54) is 0 Å². The van der Waals surface area contributed by atoms with Crippen LogP contribution in [0.3, 0.4) is 0 Å². The molecule has 2 heterocycles. The number of hydrogen-bond donors (Lipinski definition) is 6. The second-order valence-electron chi connectivity index (χ2n) is 13.4. The molecule has 10 nitrogen and oxygen atoms in total. The third-order valence-corrected chi connectivity index (χ3v) is 11.8. The van der Waals surface area contributed by atoms with Crippen LogP contribution in [0.15, 0.2) is 11.6 Å². The van der Waals surface area contributed by atoms with E-state index in [0.29, 0.717) is 38.5 Å². The first-order chi connectivity index (χ1) is 17.9. The van der Waals surface area contributed by atoms with Gasteiger partial charge in [-0.05, 0) is 68.3 Å². The maximum atomic E-state index is 12.4. The summed E-state index contributed by atoms with van der Waals surface area (Å²) in [5, 5.41) is 65.9. The van der Waals surface area contributed by atoms with Gasteiger partial charge in [-0.25, -0.2) is 4.79 Å². The summed E-state index contributed by atoms with van der Waals surface area (Å²) >= 11 is 0. The van der Waals surface area contributed by atoms with Gasteiger partial charge < -0.3 is 44.8 Å². The van der Waals surface area contributed by atoms with E-state index in [1.54, 1.807) is 6.08 Å². The molecule has 13 atom stereocenters. The van der Waals surface area contributed by atoms with E-state index >= 15 is 0 Å². The first-order valence-corrected chi connectivity index (χ1v) is 14.1. The molecule has 6 aliphatic rings. The molecule has 5 fully saturated rings. The molecule has 4 aliphatic carbocycles. The Hall–Kier alpha value is -1.11. The number of carbonyl (C=O) groups excluding carboxylic acids is 1. The first kappa shape index (κ1) is 27.1. The molecule has 0 aromatic rings. The Kier molecular flexibility index (Phi) is 6.37. The maximum absolute atomic E-state index is 12.4. The maximum Gasteiger partial charge on any atom is 0.331 e. The fraction of sp³-hybridized carbons (Fsp3) is 0.893. The number of aliphatic hydroxyl groups is 6. The molecule has 6 N–H and O–H groups in total. The molecule has 0 aromatic carbocycles. The Balaban J connectivity index is 1.23. The van der Waals surface area contributed by atoms with Crippen molar-refractivity contribution in [2.24, 2.45) is 28.6 Å². The van der Waals surface area contributed by atoms with Crippen LogP contribution in [-0.4, -0.2) is 97.8 Å². The van der Waals surface area contributed by atoms with Crippen LogP contribution in [0.2, 0.25) is 0 Å². The van der Waals surface area contributed by atoms with Gasteiger partial charge in [-0.2, -0.15) is 0 Å². The van der Waals surface area contributed by atoms with Gasteiger partial charge in [-0.1, -0.05) is 13.8 Å². The van der Waals surface area contributed by atoms with Gasteiger partial charge in [-0.3, -0.25) is 0 Å². The second kappa shape index (κ2) is 8.94. The van der Waals surface area contributed by atoms with E-state index < -0.39 is 65.4 Å². The Bertz CT molecular complexity index is 1000. The van der Waals surface area contributed by atoms with Gasteiger partial charge in [0.15, 0.2) is 6.29 Å². The van der Waals surface area contributed by atoms with Crippen LogP contribution in [0, 0.1) is 28.6 Å². The van der Waals surface area contributed by atoms with Gasteiger partial charge in [0.2, 0.25) is 0 Å². The minimum Gasteiger partial charge on any atom is -0.458 e. The summed E-state index contributed by atoms with van der Waals surface area (Å²) in [5.74, 6) is -0.880. The van der Waals surface area contributed by atoms with Gasteiger partial charge in [0.05, 0.1) is 30.0 Å². The molecule has 0 aromatic heterocycles. The fourth-order valence-electron chi connectivity index (χ4n) is 9.74. The van der Waals surface area contributed by atoms with E-state index in [1.807, 2.05) is 13.8 Å². The molecule has 0 radical (unpaired) electrons. The molecule has 4 saturated carbocycles. The lowest BCUT2D eigenvalue weighted by atomic mass is 9.41. The van der Waals surface area contributed by atoms with Crippen molar-refractivity contribution in [3.8, 4) is 0 Å². The lowest BCUT2D eigenvalue weighted by Gasteiger charge is -2.67. The number of hydrogen-bond acceptors (Lipinski definition) is 10. The summed E-state index contributed by atoms with van der Waals surface area (Å²) in [4.78, 5) is 11.8.